The predicted octanol–water partition coefficient (Wildman–Crippen LogP) is 7.48. The smallest absolute Gasteiger partial charge is 0.266 e. The second-order valence-corrected chi connectivity index (χ2v) is 10.6. The molecule has 0 aliphatic carbocycles. The van der Waals surface area contributed by atoms with Crippen LogP contribution in [0.2, 0.25) is 0 Å². The number of ether oxygens (including phenoxy) is 1. The summed E-state index contributed by atoms with van der Waals surface area (Å²) < 4.78 is 10.6. The molecule has 2 heterocycles. The van der Waals surface area contributed by atoms with E-state index in [0.29, 0.717) is 28.2 Å². The first-order chi connectivity index (χ1) is 19.0. The van der Waals surface area contributed by atoms with E-state index >= 15 is 0 Å². The van der Waals surface area contributed by atoms with Gasteiger partial charge in [0.2, 0.25) is 0 Å². The molecule has 4 aromatic carbocycles. The van der Waals surface area contributed by atoms with Crippen LogP contribution in [0.4, 0.5) is 0 Å². The minimum absolute atomic E-state index is 0.133. The van der Waals surface area contributed by atoms with Crippen molar-refractivity contribution in [1.29, 1.82) is 0 Å². The van der Waals surface area contributed by atoms with E-state index in [0.717, 1.165) is 26.8 Å². The second-order valence-electron chi connectivity index (χ2n) is 9.37. The summed E-state index contributed by atoms with van der Waals surface area (Å²) in [5.41, 5.74) is 5.85. The quantitative estimate of drug-likeness (QED) is 0.181. The van der Waals surface area contributed by atoms with E-state index in [1.165, 1.54) is 11.1 Å². The molecule has 2 aromatic heterocycles. The molecule has 0 aliphatic rings. The van der Waals surface area contributed by atoms with Crippen molar-refractivity contribution in [3.8, 4) is 11.4 Å². The Kier molecular flexibility index (Phi) is 6.79. The molecule has 6 rings (SSSR count). The highest BCUT2D eigenvalue weighted by atomic mass is 127. The molecule has 0 saturated heterocycles. The Morgan fingerprint density at radius 3 is 2.44 bits per heavy atom. The zero-order valence-electron chi connectivity index (χ0n) is 21.6. The maximum atomic E-state index is 13.9. The molecule has 6 aromatic rings. The Labute approximate surface area is 240 Å². The summed E-state index contributed by atoms with van der Waals surface area (Å²) in [4.78, 5) is 18.8. The Balaban J connectivity index is 1.55. The number of nitrogens with zero attached hydrogens (tertiary/aromatic N) is 3. The maximum absolute atomic E-state index is 13.9. The molecule has 0 atom stereocenters. The van der Waals surface area contributed by atoms with E-state index in [9.17, 15) is 4.79 Å². The van der Waals surface area contributed by atoms with Crippen LogP contribution in [0.1, 0.15) is 22.6 Å². The molecule has 6 heteroatoms. The Bertz CT molecular complexity index is 1920. The molecule has 0 saturated carbocycles. The van der Waals surface area contributed by atoms with Crippen LogP contribution in [0.25, 0.3) is 39.6 Å². The van der Waals surface area contributed by atoms with Gasteiger partial charge in [0.1, 0.15) is 11.6 Å². The molecular formula is C33H26IN3O2. The normalized spacial score (nSPS) is 11.6. The van der Waals surface area contributed by atoms with Crippen molar-refractivity contribution in [3.63, 3.8) is 0 Å². The summed E-state index contributed by atoms with van der Waals surface area (Å²) in [5.74, 6) is 1.15. The van der Waals surface area contributed by atoms with Crippen molar-refractivity contribution >= 4 is 56.5 Å². The number of methoxy groups -OCH3 is 1. The lowest BCUT2D eigenvalue weighted by molar-refractivity contribution is 0.412. The van der Waals surface area contributed by atoms with Gasteiger partial charge in [0.05, 0.1) is 23.7 Å². The molecule has 0 spiro atoms. The van der Waals surface area contributed by atoms with Crippen LogP contribution in [0, 0.1) is 10.5 Å². The van der Waals surface area contributed by atoms with Gasteiger partial charge in [-0.25, -0.2) is 4.98 Å². The fraction of sp³-hybridized carbons (Fsp3) is 0.0909. The molecule has 0 N–H and O–H groups in total. The maximum Gasteiger partial charge on any atom is 0.266 e. The molecular weight excluding hydrogens is 597 g/mol. The van der Waals surface area contributed by atoms with Gasteiger partial charge in [-0.2, -0.15) is 0 Å². The van der Waals surface area contributed by atoms with Crippen molar-refractivity contribution < 1.29 is 4.74 Å². The average Bonchev–Trinajstić information content (AvgIpc) is 3.23. The average molecular weight is 623 g/mol. The lowest BCUT2D eigenvalue weighted by Gasteiger charge is -2.14. The third-order valence-corrected chi connectivity index (χ3v) is 7.72. The minimum atomic E-state index is -0.133. The van der Waals surface area contributed by atoms with E-state index in [1.54, 1.807) is 11.7 Å². The zero-order chi connectivity index (χ0) is 26.9. The van der Waals surface area contributed by atoms with Crippen molar-refractivity contribution in [2.45, 2.75) is 13.5 Å². The van der Waals surface area contributed by atoms with E-state index in [-0.39, 0.29) is 5.56 Å². The number of rotatable bonds is 6. The van der Waals surface area contributed by atoms with Gasteiger partial charge in [-0.3, -0.25) is 9.36 Å². The van der Waals surface area contributed by atoms with Crippen molar-refractivity contribution in [1.82, 2.24) is 14.1 Å². The summed E-state index contributed by atoms with van der Waals surface area (Å²) in [6, 6.07) is 32.2. The van der Waals surface area contributed by atoms with E-state index < -0.39 is 0 Å². The summed E-state index contributed by atoms with van der Waals surface area (Å²) in [6.07, 6.45) is 4.01. The van der Waals surface area contributed by atoms with Gasteiger partial charge in [0.25, 0.3) is 5.56 Å². The summed E-state index contributed by atoms with van der Waals surface area (Å²) in [7, 11) is 1.61. The number of hydrogen-bond acceptors (Lipinski definition) is 3. The lowest BCUT2D eigenvalue weighted by Crippen LogP contribution is -2.23. The van der Waals surface area contributed by atoms with Crippen LogP contribution in [0.5, 0.6) is 5.75 Å². The third kappa shape index (κ3) is 4.65. The Morgan fingerprint density at radius 1 is 0.872 bits per heavy atom. The van der Waals surface area contributed by atoms with Crippen LogP contribution >= 0.6 is 22.6 Å². The molecule has 192 valence electrons. The topological polar surface area (TPSA) is 49.0 Å². The highest BCUT2D eigenvalue weighted by molar-refractivity contribution is 14.1. The monoisotopic (exact) mass is 623 g/mol. The second kappa shape index (κ2) is 10.5. The highest BCUT2D eigenvalue weighted by Gasteiger charge is 2.16. The van der Waals surface area contributed by atoms with Gasteiger partial charge in [-0.1, -0.05) is 60.7 Å². The highest BCUT2D eigenvalue weighted by Crippen LogP contribution is 2.29. The third-order valence-electron chi connectivity index (χ3n) is 7.04. The SMILES string of the molecule is COc1ccccc1-n1c(C=Cc2c(C)n(Cc3ccccc3)c3ccccc23)nc2ccc(I)cc2c1=O. The first-order valence-corrected chi connectivity index (χ1v) is 13.8. The van der Waals surface area contributed by atoms with Crippen LogP contribution in [-0.2, 0) is 6.54 Å². The number of aromatic nitrogens is 3. The van der Waals surface area contributed by atoms with E-state index in [2.05, 4.69) is 88.7 Å². The Hall–Kier alpha value is -4.17. The van der Waals surface area contributed by atoms with Crippen molar-refractivity contribution in [3.05, 3.63) is 134 Å². The van der Waals surface area contributed by atoms with Crippen LogP contribution in [0.15, 0.2) is 102 Å². The fourth-order valence-corrected chi connectivity index (χ4v) is 5.62. The van der Waals surface area contributed by atoms with E-state index in [4.69, 9.17) is 9.72 Å². The minimum Gasteiger partial charge on any atom is -0.495 e. The standard InChI is InChI=1S/C33H26IN3O2/c1-22-25(26-12-6-7-13-29(26)36(22)21-23-10-4-3-5-11-23)17-19-32-35-28-18-16-24(34)20-27(28)33(38)37(32)30-14-8-9-15-31(30)39-2/h3-20H,21H2,1-2H3. The van der Waals surface area contributed by atoms with Crippen LogP contribution in [-0.4, -0.2) is 21.2 Å². The molecule has 39 heavy (non-hydrogen) atoms. The summed E-state index contributed by atoms with van der Waals surface area (Å²) in [5, 5.41) is 1.73. The summed E-state index contributed by atoms with van der Waals surface area (Å²) in [6.45, 7) is 2.92. The Morgan fingerprint density at radius 2 is 1.62 bits per heavy atom. The van der Waals surface area contributed by atoms with Crippen molar-refractivity contribution in [2.75, 3.05) is 7.11 Å². The van der Waals surface area contributed by atoms with E-state index in [1.807, 2.05) is 54.6 Å². The number of fused-ring (bicyclic) bond motifs is 2. The number of para-hydroxylation sites is 3. The number of hydrogen-bond donors (Lipinski definition) is 0. The molecule has 0 amide bonds. The fourth-order valence-electron chi connectivity index (χ4n) is 5.13. The molecule has 5 nitrogen and oxygen atoms in total. The summed E-state index contributed by atoms with van der Waals surface area (Å²) >= 11 is 2.22. The van der Waals surface area contributed by atoms with Gasteiger partial charge >= 0.3 is 0 Å². The van der Waals surface area contributed by atoms with Gasteiger partial charge in [-0.15, -0.1) is 0 Å². The molecule has 0 aliphatic heterocycles. The largest absolute Gasteiger partial charge is 0.495 e. The molecule has 0 radical (unpaired) electrons. The number of halogens is 1. The predicted molar refractivity (Wildman–Crippen MR) is 168 cm³/mol. The molecule has 0 fully saturated rings. The van der Waals surface area contributed by atoms with Gasteiger partial charge in [0, 0.05) is 32.3 Å². The van der Waals surface area contributed by atoms with Gasteiger partial charge in [0.15, 0.2) is 0 Å². The molecule has 0 unspecified atom stereocenters. The van der Waals surface area contributed by atoms with Gasteiger partial charge < -0.3 is 9.30 Å². The zero-order valence-corrected chi connectivity index (χ0v) is 23.8. The first-order valence-electron chi connectivity index (χ1n) is 12.7. The van der Waals surface area contributed by atoms with Crippen molar-refractivity contribution in [2.24, 2.45) is 0 Å². The van der Waals surface area contributed by atoms with Crippen LogP contribution in [0.3, 0.4) is 0 Å². The van der Waals surface area contributed by atoms with Crippen LogP contribution < -0.4 is 10.3 Å². The molecule has 0 bridgehead atoms. The first kappa shape index (κ1) is 25.1. The lowest BCUT2D eigenvalue weighted by atomic mass is 10.1. The van der Waals surface area contributed by atoms with Gasteiger partial charge in [-0.05, 0) is 83.6 Å². The number of benzene rings is 4.